The largest absolute Gasteiger partial charge is 0.493 e. The molecule has 1 fully saturated rings. The third-order valence-corrected chi connectivity index (χ3v) is 6.13. The second-order valence-corrected chi connectivity index (χ2v) is 8.40. The number of nitrogens with one attached hydrogen (secondary N) is 2. The highest BCUT2D eigenvalue weighted by molar-refractivity contribution is 9.10. The van der Waals surface area contributed by atoms with Gasteiger partial charge in [0.1, 0.15) is 5.75 Å². The number of benzene rings is 1. The predicted molar refractivity (Wildman–Crippen MR) is 107 cm³/mol. The quantitative estimate of drug-likeness (QED) is 0.752. The smallest absolute Gasteiger partial charge is 0.315 e. The van der Waals surface area contributed by atoms with Crippen molar-refractivity contribution in [2.75, 3.05) is 13.2 Å². The number of nitrogens with zero attached hydrogens (tertiary/aromatic N) is 2. The van der Waals surface area contributed by atoms with Gasteiger partial charge < -0.3 is 15.4 Å². The van der Waals surface area contributed by atoms with Crippen LogP contribution in [0.25, 0.3) is 0 Å². The topological polar surface area (TPSA) is 68.2 Å². The zero-order chi connectivity index (χ0) is 18.8. The van der Waals surface area contributed by atoms with E-state index in [1.807, 2.05) is 31.6 Å². The molecule has 2 heterocycles. The van der Waals surface area contributed by atoms with Crippen molar-refractivity contribution in [1.82, 2.24) is 20.4 Å². The van der Waals surface area contributed by atoms with Crippen LogP contribution in [-0.2, 0) is 7.05 Å². The van der Waals surface area contributed by atoms with Crippen molar-refractivity contribution in [3.05, 3.63) is 46.2 Å². The highest BCUT2D eigenvalue weighted by atomic mass is 79.9. The second kappa shape index (κ2) is 7.92. The molecule has 2 N–H and O–H groups in total. The number of urea groups is 1. The summed E-state index contributed by atoms with van der Waals surface area (Å²) in [5, 5.41) is 10.5. The number of amides is 2. The van der Waals surface area contributed by atoms with Gasteiger partial charge in [0.05, 0.1) is 18.8 Å². The number of ether oxygens (including phenoxy) is 1. The Kier molecular flexibility index (Phi) is 5.38. The molecule has 1 aliphatic carbocycles. The van der Waals surface area contributed by atoms with Gasteiger partial charge in [-0.2, -0.15) is 5.10 Å². The monoisotopic (exact) mass is 432 g/mol. The normalized spacial score (nSPS) is 20.1. The van der Waals surface area contributed by atoms with Crippen LogP contribution in [0.1, 0.15) is 48.8 Å². The van der Waals surface area contributed by atoms with E-state index in [-0.39, 0.29) is 18.0 Å². The molecule has 1 saturated carbocycles. The molecule has 6 nitrogen and oxygen atoms in total. The van der Waals surface area contributed by atoms with Crippen LogP contribution in [0.5, 0.6) is 5.75 Å². The Labute approximate surface area is 167 Å². The first-order chi connectivity index (χ1) is 13.1. The number of rotatable bonds is 5. The summed E-state index contributed by atoms with van der Waals surface area (Å²) in [6, 6.07) is 5.98. The summed E-state index contributed by atoms with van der Waals surface area (Å²) in [4.78, 5) is 12.6. The number of carbonyl (C=O) groups is 1. The first kappa shape index (κ1) is 18.3. The molecule has 2 aromatic rings. The van der Waals surface area contributed by atoms with E-state index in [0.717, 1.165) is 40.6 Å². The van der Waals surface area contributed by atoms with Crippen LogP contribution < -0.4 is 15.4 Å². The Balaban J connectivity index is 1.39. The van der Waals surface area contributed by atoms with Crippen molar-refractivity contribution in [3.8, 4) is 5.75 Å². The van der Waals surface area contributed by atoms with Crippen LogP contribution in [0, 0.1) is 5.92 Å². The summed E-state index contributed by atoms with van der Waals surface area (Å²) in [6.45, 7) is 1.28. The minimum absolute atomic E-state index is 0.0311. The zero-order valence-electron chi connectivity index (χ0n) is 15.5. The number of aryl methyl sites for hydroxylation is 1. The van der Waals surface area contributed by atoms with Gasteiger partial charge in [0.2, 0.25) is 0 Å². The summed E-state index contributed by atoms with van der Waals surface area (Å²) in [7, 11) is 1.90. The minimum atomic E-state index is -0.112. The van der Waals surface area contributed by atoms with Gasteiger partial charge in [-0.1, -0.05) is 22.4 Å². The summed E-state index contributed by atoms with van der Waals surface area (Å²) in [6.07, 6.45) is 8.30. The molecule has 144 valence electrons. The van der Waals surface area contributed by atoms with Crippen LogP contribution >= 0.6 is 15.9 Å². The summed E-state index contributed by atoms with van der Waals surface area (Å²) in [5.41, 5.74) is 2.23. The average molecular weight is 433 g/mol. The Morgan fingerprint density at radius 2 is 2.26 bits per heavy atom. The maximum Gasteiger partial charge on any atom is 0.315 e. The lowest BCUT2D eigenvalue weighted by molar-refractivity contribution is 0.206. The molecule has 0 bridgehead atoms. The van der Waals surface area contributed by atoms with E-state index in [1.54, 1.807) is 4.68 Å². The maximum atomic E-state index is 12.6. The van der Waals surface area contributed by atoms with Gasteiger partial charge in [-0.05, 0) is 43.4 Å². The van der Waals surface area contributed by atoms with Crippen LogP contribution in [-0.4, -0.2) is 29.0 Å². The van der Waals surface area contributed by atoms with Gasteiger partial charge in [-0.25, -0.2) is 4.79 Å². The van der Waals surface area contributed by atoms with E-state index < -0.39 is 0 Å². The van der Waals surface area contributed by atoms with Crippen LogP contribution in [0.2, 0.25) is 0 Å². The fourth-order valence-electron chi connectivity index (χ4n) is 3.90. The van der Waals surface area contributed by atoms with E-state index in [2.05, 4.69) is 37.7 Å². The van der Waals surface area contributed by atoms with E-state index in [0.29, 0.717) is 19.1 Å². The first-order valence-corrected chi connectivity index (χ1v) is 10.3. The number of carbonyl (C=O) groups excluding carboxylic acids is 1. The van der Waals surface area contributed by atoms with E-state index in [1.165, 1.54) is 6.42 Å². The molecule has 2 atom stereocenters. The fourth-order valence-corrected chi connectivity index (χ4v) is 4.28. The van der Waals surface area contributed by atoms with Gasteiger partial charge in [0.15, 0.2) is 0 Å². The molecule has 0 radical (unpaired) electrons. The lowest BCUT2D eigenvalue weighted by atomic mass is 9.78. The highest BCUT2D eigenvalue weighted by Crippen LogP contribution is 2.38. The van der Waals surface area contributed by atoms with E-state index in [9.17, 15) is 4.79 Å². The number of hydrogen-bond donors (Lipinski definition) is 2. The molecule has 2 unspecified atom stereocenters. The molecule has 2 aliphatic rings. The SMILES string of the molecule is Cn1cc(C(NC(=O)NCC2CCOc3ccc(Br)cc32)C2CCC2)cn1. The van der Waals surface area contributed by atoms with Crippen molar-refractivity contribution in [1.29, 1.82) is 0 Å². The van der Waals surface area contributed by atoms with Crippen molar-refractivity contribution >= 4 is 22.0 Å². The molecule has 1 aromatic heterocycles. The molecular weight excluding hydrogens is 408 g/mol. The molecule has 1 aromatic carbocycles. The summed E-state index contributed by atoms with van der Waals surface area (Å²) in [5.74, 6) is 1.68. The van der Waals surface area contributed by atoms with E-state index in [4.69, 9.17) is 4.74 Å². The highest BCUT2D eigenvalue weighted by Gasteiger charge is 2.31. The molecule has 7 heteroatoms. The number of hydrogen-bond acceptors (Lipinski definition) is 3. The zero-order valence-corrected chi connectivity index (χ0v) is 17.0. The second-order valence-electron chi connectivity index (χ2n) is 7.49. The number of fused-ring (bicyclic) bond motifs is 1. The number of halogens is 1. The Morgan fingerprint density at radius 1 is 1.41 bits per heavy atom. The fraction of sp³-hybridized carbons (Fsp3) is 0.500. The van der Waals surface area contributed by atoms with Crippen LogP contribution in [0.15, 0.2) is 35.1 Å². The van der Waals surface area contributed by atoms with Crippen molar-refractivity contribution in [2.24, 2.45) is 13.0 Å². The lowest BCUT2D eigenvalue weighted by Crippen LogP contribution is -2.43. The van der Waals surface area contributed by atoms with Gasteiger partial charge in [0.25, 0.3) is 0 Å². The summed E-state index contributed by atoms with van der Waals surface area (Å²) < 4.78 is 8.55. The molecule has 0 saturated heterocycles. The Hall–Kier alpha value is -2.02. The predicted octanol–water partition coefficient (Wildman–Crippen LogP) is 3.89. The molecule has 27 heavy (non-hydrogen) atoms. The van der Waals surface area contributed by atoms with Crippen LogP contribution in [0.3, 0.4) is 0 Å². The van der Waals surface area contributed by atoms with Crippen LogP contribution in [0.4, 0.5) is 4.79 Å². The standard InChI is InChI=1S/C20H25BrN4O2/c1-25-12-15(11-23-25)19(13-3-2-4-13)24-20(26)22-10-14-7-8-27-18-6-5-16(21)9-17(14)18/h5-6,9,11-14,19H,2-4,7-8,10H2,1H3,(H2,22,24,26). The Bertz CT molecular complexity index is 818. The Morgan fingerprint density at radius 3 is 2.96 bits per heavy atom. The van der Waals surface area contributed by atoms with Gasteiger partial charge >= 0.3 is 6.03 Å². The first-order valence-electron chi connectivity index (χ1n) is 9.55. The molecule has 2 amide bonds. The lowest BCUT2D eigenvalue weighted by Gasteiger charge is -2.34. The third-order valence-electron chi connectivity index (χ3n) is 5.64. The summed E-state index contributed by atoms with van der Waals surface area (Å²) >= 11 is 3.53. The third kappa shape index (κ3) is 4.13. The van der Waals surface area contributed by atoms with Crippen molar-refractivity contribution < 1.29 is 9.53 Å². The number of aromatic nitrogens is 2. The van der Waals surface area contributed by atoms with Crippen molar-refractivity contribution in [3.63, 3.8) is 0 Å². The van der Waals surface area contributed by atoms with E-state index >= 15 is 0 Å². The minimum Gasteiger partial charge on any atom is -0.493 e. The molecule has 4 rings (SSSR count). The van der Waals surface area contributed by atoms with Crippen molar-refractivity contribution in [2.45, 2.75) is 37.6 Å². The van der Waals surface area contributed by atoms with Gasteiger partial charge in [0, 0.05) is 41.3 Å². The van der Waals surface area contributed by atoms with Gasteiger partial charge in [-0.15, -0.1) is 0 Å². The average Bonchev–Trinajstić information content (AvgIpc) is 3.04. The maximum absolute atomic E-state index is 12.6. The molecular formula is C20H25BrN4O2. The molecule has 1 aliphatic heterocycles. The van der Waals surface area contributed by atoms with Gasteiger partial charge in [-0.3, -0.25) is 4.68 Å². The molecule has 0 spiro atoms.